The molecule has 0 radical (unpaired) electrons. The van der Waals surface area contributed by atoms with Gasteiger partial charge in [-0.05, 0) is 66.6 Å². The molecule has 3 aliphatic heterocycles. The Morgan fingerprint density at radius 1 is 0.735 bits per heavy atom. The van der Waals surface area contributed by atoms with E-state index in [0.717, 1.165) is 44.2 Å². The molecule has 4 aromatic carbocycles. The standard InChI is InChI=1S/C41H36N3OS3.HI/c1-4-26-44-37(28-36-43(6-3)38(30-20-12-8-13-21-30)39(47-36)31-22-14-9-15-23-31)48-40(41(44)45)32(29-18-10-7-11-19-29)27-35-42(5-2)33-24-16-17-25-34(33)46-35;/h4,7-25,27-28H,1,5-6,26H2,2-3H3;1H/q+1;/p-1/b35-27-,40-32-;. The van der Waals surface area contributed by atoms with Gasteiger partial charge in [-0.15, -0.1) is 4.58 Å². The summed E-state index contributed by atoms with van der Waals surface area (Å²) in [6.45, 7) is 10.4. The molecule has 0 N–H and O–H groups in total. The van der Waals surface area contributed by atoms with Gasteiger partial charge in [0.05, 0.1) is 21.4 Å². The summed E-state index contributed by atoms with van der Waals surface area (Å²) in [4.78, 5) is 22.3. The molecule has 8 heteroatoms. The van der Waals surface area contributed by atoms with Crippen molar-refractivity contribution in [2.75, 3.05) is 24.5 Å². The van der Waals surface area contributed by atoms with Gasteiger partial charge in [-0.1, -0.05) is 133 Å². The normalized spacial score (nSPS) is 18.4. The van der Waals surface area contributed by atoms with Crippen LogP contribution in [-0.2, 0) is 4.79 Å². The van der Waals surface area contributed by atoms with Crippen molar-refractivity contribution >= 4 is 68.1 Å². The molecular formula is C41H36IN3OS3. The molecule has 0 spiro atoms. The molecule has 0 saturated carbocycles. The van der Waals surface area contributed by atoms with Gasteiger partial charge in [0, 0.05) is 34.5 Å². The molecule has 0 bridgehead atoms. The second kappa shape index (κ2) is 15.9. The molecule has 1 amide bonds. The lowest BCUT2D eigenvalue weighted by Gasteiger charge is -2.21. The van der Waals surface area contributed by atoms with Gasteiger partial charge in [0.25, 0.3) is 5.04 Å². The van der Waals surface area contributed by atoms with Gasteiger partial charge >= 0.3 is 5.91 Å². The Labute approximate surface area is 319 Å². The number of carbonyl (C=O) groups is 1. The highest BCUT2D eigenvalue weighted by Crippen LogP contribution is 2.51. The van der Waals surface area contributed by atoms with Crippen LogP contribution in [0.15, 0.2) is 160 Å². The van der Waals surface area contributed by atoms with Crippen LogP contribution in [0.4, 0.5) is 5.69 Å². The second-order valence-corrected chi connectivity index (χ2v) is 14.4. The van der Waals surface area contributed by atoms with Gasteiger partial charge in [0.15, 0.2) is 6.54 Å². The molecule has 246 valence electrons. The number of amides is 1. The minimum atomic E-state index is -0.00316. The minimum absolute atomic E-state index is 0. The molecular weight excluding hydrogens is 774 g/mol. The van der Waals surface area contributed by atoms with E-state index in [1.165, 1.54) is 32.3 Å². The summed E-state index contributed by atoms with van der Waals surface area (Å²) >= 11 is 5.08. The first-order chi connectivity index (χ1) is 23.6. The fraction of sp³-hybridized carbons (Fsp3) is 0.122. The molecule has 0 saturated heterocycles. The van der Waals surface area contributed by atoms with Crippen LogP contribution in [0.25, 0.3) is 16.2 Å². The van der Waals surface area contributed by atoms with Crippen LogP contribution in [0.3, 0.4) is 0 Å². The predicted molar refractivity (Wildman–Crippen MR) is 207 cm³/mol. The number of hydrogen-bond acceptors (Lipinski definition) is 6. The predicted octanol–water partition coefficient (Wildman–Crippen LogP) is 7.18. The smallest absolute Gasteiger partial charge is 0.428 e. The summed E-state index contributed by atoms with van der Waals surface area (Å²) in [5, 5.41) is 3.12. The molecule has 0 aliphatic carbocycles. The lowest BCUT2D eigenvalue weighted by molar-refractivity contribution is -0.428. The van der Waals surface area contributed by atoms with E-state index in [9.17, 15) is 4.79 Å². The fourth-order valence-corrected chi connectivity index (χ4v) is 9.81. The molecule has 3 heterocycles. The third kappa shape index (κ3) is 7.01. The van der Waals surface area contributed by atoms with E-state index in [4.69, 9.17) is 0 Å². The Morgan fingerprint density at radius 2 is 1.35 bits per heavy atom. The zero-order chi connectivity index (χ0) is 33.0. The van der Waals surface area contributed by atoms with Crippen LogP contribution in [0.1, 0.15) is 30.5 Å². The van der Waals surface area contributed by atoms with Crippen LogP contribution in [-0.4, -0.2) is 40.1 Å². The number of allylic oxidation sites excluding steroid dienone is 2. The Morgan fingerprint density at radius 3 is 2.00 bits per heavy atom. The van der Waals surface area contributed by atoms with Crippen LogP contribution in [0.5, 0.6) is 0 Å². The van der Waals surface area contributed by atoms with Gasteiger partial charge < -0.3 is 33.8 Å². The first-order valence-corrected chi connectivity index (χ1v) is 18.6. The van der Waals surface area contributed by atoms with Crippen LogP contribution in [0, 0.1) is 0 Å². The quantitative estimate of drug-likeness (QED) is 0.0771. The average Bonchev–Trinajstić information content (AvgIpc) is 3.79. The van der Waals surface area contributed by atoms with Crippen LogP contribution < -0.4 is 28.9 Å². The number of nitrogens with zero attached hydrogens (tertiary/aromatic N) is 3. The number of halogens is 1. The van der Waals surface area contributed by atoms with Crippen molar-refractivity contribution in [3.05, 3.63) is 172 Å². The summed E-state index contributed by atoms with van der Waals surface area (Å²) in [5.41, 5.74) is 6.70. The number of hydrogen-bond donors (Lipinski definition) is 0. The Kier molecular flexibility index (Phi) is 11.4. The zero-order valence-electron chi connectivity index (χ0n) is 27.4. The maximum Gasteiger partial charge on any atom is 0.428 e. The van der Waals surface area contributed by atoms with Gasteiger partial charge in [-0.2, -0.15) is 0 Å². The van der Waals surface area contributed by atoms with E-state index in [0.29, 0.717) is 6.54 Å². The molecule has 0 fully saturated rings. The number of benzene rings is 4. The zero-order valence-corrected chi connectivity index (χ0v) is 32.0. The number of carbonyl (C=O) groups excluding carboxylic acids is 1. The van der Waals surface area contributed by atoms with E-state index in [1.807, 2.05) is 28.9 Å². The Balaban J connectivity index is 0.00000417. The largest absolute Gasteiger partial charge is 1.00 e. The summed E-state index contributed by atoms with van der Waals surface area (Å²) in [7, 11) is 0. The number of thioether (sulfide) groups is 3. The third-order valence-corrected chi connectivity index (χ3v) is 11.8. The Bertz CT molecular complexity index is 2040. The van der Waals surface area contributed by atoms with Crippen molar-refractivity contribution in [1.29, 1.82) is 0 Å². The van der Waals surface area contributed by atoms with Crippen molar-refractivity contribution in [2.24, 2.45) is 0 Å². The fourth-order valence-electron chi connectivity index (χ4n) is 6.15. The van der Waals surface area contributed by atoms with E-state index in [2.05, 4.69) is 139 Å². The molecule has 7 rings (SSSR count). The molecule has 0 aromatic heterocycles. The van der Waals surface area contributed by atoms with Gasteiger partial charge in [0.2, 0.25) is 0 Å². The number of rotatable bonds is 9. The van der Waals surface area contributed by atoms with E-state index in [1.54, 1.807) is 35.3 Å². The maximum absolute atomic E-state index is 14.4. The highest BCUT2D eigenvalue weighted by atomic mass is 127. The van der Waals surface area contributed by atoms with E-state index >= 15 is 0 Å². The molecule has 3 aliphatic rings. The third-order valence-electron chi connectivity index (χ3n) is 8.38. The topological polar surface area (TPSA) is 26.6 Å². The summed E-state index contributed by atoms with van der Waals surface area (Å²) in [6, 6.07) is 40.0. The second-order valence-electron chi connectivity index (χ2n) is 11.3. The maximum atomic E-state index is 14.4. The van der Waals surface area contributed by atoms with Crippen molar-refractivity contribution < 1.29 is 33.3 Å². The van der Waals surface area contributed by atoms with Crippen LogP contribution in [0.2, 0.25) is 0 Å². The first-order valence-electron chi connectivity index (χ1n) is 16.2. The summed E-state index contributed by atoms with van der Waals surface area (Å²) < 4.78 is 1.87. The van der Waals surface area contributed by atoms with Crippen molar-refractivity contribution in [3.8, 4) is 0 Å². The van der Waals surface area contributed by atoms with E-state index < -0.39 is 0 Å². The number of para-hydroxylation sites is 1. The van der Waals surface area contributed by atoms with Crippen molar-refractivity contribution in [1.82, 2.24) is 4.90 Å². The lowest BCUT2D eigenvalue weighted by Crippen LogP contribution is -3.00. The number of fused-ring (bicyclic) bond motifs is 1. The summed E-state index contributed by atoms with van der Waals surface area (Å²) in [6.07, 6.45) is 6.21. The van der Waals surface area contributed by atoms with Gasteiger partial charge in [-0.25, -0.2) is 4.79 Å². The van der Waals surface area contributed by atoms with Gasteiger partial charge in [0.1, 0.15) is 4.91 Å². The van der Waals surface area contributed by atoms with E-state index in [-0.39, 0.29) is 29.9 Å². The van der Waals surface area contributed by atoms with Crippen molar-refractivity contribution in [2.45, 2.75) is 18.7 Å². The molecule has 49 heavy (non-hydrogen) atoms. The summed E-state index contributed by atoms with van der Waals surface area (Å²) in [5.74, 6) is -0.00316. The lowest BCUT2D eigenvalue weighted by atomic mass is 10.0. The van der Waals surface area contributed by atoms with Gasteiger partial charge in [-0.3, -0.25) is 0 Å². The van der Waals surface area contributed by atoms with Crippen LogP contribution >= 0.6 is 35.3 Å². The highest BCUT2D eigenvalue weighted by molar-refractivity contribution is 8.19. The first kappa shape index (κ1) is 35.1. The highest BCUT2D eigenvalue weighted by Gasteiger charge is 2.40. The molecule has 0 atom stereocenters. The van der Waals surface area contributed by atoms with Crippen molar-refractivity contribution in [3.63, 3.8) is 0 Å². The number of anilines is 1. The molecule has 4 nitrogen and oxygen atoms in total. The molecule has 4 aromatic rings. The minimum Gasteiger partial charge on any atom is -1.00 e. The average molecular weight is 810 g/mol. The monoisotopic (exact) mass is 809 g/mol. The Hall–Kier alpha value is -3.70. The SMILES string of the molecule is C=CC[N+]1=C(/C=C2\SC(c3ccccc3)=C(c3ccccc3)N2CC)S/C(=C(/C=C2\Sc3ccccc3N2CC)c2ccccc2)C1=O.[I-]. The molecule has 0 unspecified atom stereocenters.